The summed E-state index contributed by atoms with van der Waals surface area (Å²) >= 11 is 0. The topological polar surface area (TPSA) is 71.2 Å². The second-order valence-corrected chi connectivity index (χ2v) is 18.9. The first-order valence-corrected chi connectivity index (χ1v) is 20.8. The molecule has 6 aromatic carbocycles. The van der Waals surface area contributed by atoms with Crippen LogP contribution in [0.4, 0.5) is 0 Å². The van der Waals surface area contributed by atoms with E-state index in [1.54, 1.807) is 0 Å². The van der Waals surface area contributed by atoms with Gasteiger partial charge in [-0.2, -0.15) is 0 Å². The molecule has 2 N–H and O–H groups in total. The predicted octanol–water partition coefficient (Wildman–Crippen LogP) is 13.9. The molecular formula is C55H55N3O2. The minimum Gasteiger partial charge on any atom is -0.507 e. The number of fused-ring (bicyclic) bond motifs is 1. The number of hydrogen-bond donors (Lipinski definition) is 2. The second kappa shape index (κ2) is 15.1. The number of rotatable bonds is 7. The van der Waals surface area contributed by atoms with Gasteiger partial charge in [0.25, 0.3) is 0 Å². The van der Waals surface area contributed by atoms with E-state index >= 15 is 0 Å². The Morgan fingerprint density at radius 1 is 0.517 bits per heavy atom. The fraction of sp³-hybridized carbons (Fsp3) is 0.236. The van der Waals surface area contributed by atoms with Gasteiger partial charge in [0.2, 0.25) is 0 Å². The zero-order valence-electron chi connectivity index (χ0n) is 36.5. The summed E-state index contributed by atoms with van der Waals surface area (Å²) in [6.45, 7) is 21.0. The van der Waals surface area contributed by atoms with Crippen LogP contribution in [0.5, 0.6) is 5.75 Å². The number of aromatic nitrogens is 3. The Labute approximate surface area is 355 Å². The highest BCUT2D eigenvalue weighted by Gasteiger charge is 2.25. The molecule has 60 heavy (non-hydrogen) atoms. The molecule has 0 atom stereocenters. The number of benzene rings is 6. The van der Waals surface area contributed by atoms with Crippen molar-refractivity contribution in [2.24, 2.45) is 0 Å². The number of phenolic OH excluding ortho intramolecular Hbond substituents is 1. The first-order chi connectivity index (χ1) is 28.3. The number of aryl methyl sites for hydroxylation is 2. The molecule has 5 heteroatoms. The summed E-state index contributed by atoms with van der Waals surface area (Å²) in [5.74, 6) is 0.810. The fourth-order valence-electron chi connectivity index (χ4n) is 8.09. The molecule has 0 saturated heterocycles. The molecule has 0 bridgehead atoms. The van der Waals surface area contributed by atoms with E-state index in [1.165, 1.54) is 11.1 Å². The van der Waals surface area contributed by atoms with Crippen molar-refractivity contribution in [3.05, 3.63) is 167 Å². The van der Waals surface area contributed by atoms with Gasteiger partial charge in [0.15, 0.2) is 0 Å². The number of hydrogen-bond acceptors (Lipinski definition) is 4. The number of nitrogens with zero attached hydrogens (tertiary/aromatic N) is 3. The molecule has 0 spiro atoms. The standard InChI is InChI=1S/C55H55N3O2/c1-34-25-35(2)51(59)47(26-34)52-57-50-46(17-14-18-49(50)58(52)45-31-39(36-15-12-11-13-16-36)28-44(33-45)55(9,10)60)40-27-41(30-43(29-40)54(6,7)8)48-32-38(23-24-56-48)37-19-21-42(22-20-37)53(3,4)5/h11-33,59-60H,1-10H3. The normalized spacial score (nSPS) is 12.3. The van der Waals surface area contributed by atoms with Crippen molar-refractivity contribution in [3.8, 4) is 67.5 Å². The SMILES string of the molecule is Cc1cc(C)c(O)c(-c2nc3c(-c4cc(-c5cc(-c6ccc(C(C)(C)C)cc6)ccn5)cc(C(C)(C)C)c4)cccc3n2-c2cc(-c3ccccc3)cc(C(C)(C)O)c2)c1. The van der Waals surface area contributed by atoms with Gasteiger partial charge >= 0.3 is 0 Å². The highest BCUT2D eigenvalue weighted by atomic mass is 16.3. The summed E-state index contributed by atoms with van der Waals surface area (Å²) in [4.78, 5) is 10.4. The first kappa shape index (κ1) is 40.5. The summed E-state index contributed by atoms with van der Waals surface area (Å²) in [6, 6.07) is 46.7. The Bertz CT molecular complexity index is 2880. The summed E-state index contributed by atoms with van der Waals surface area (Å²) < 4.78 is 2.14. The van der Waals surface area contributed by atoms with Crippen LogP contribution in [-0.4, -0.2) is 24.7 Å². The van der Waals surface area contributed by atoms with Crippen LogP contribution >= 0.6 is 0 Å². The monoisotopic (exact) mass is 789 g/mol. The molecule has 0 unspecified atom stereocenters. The number of phenols is 1. The average molecular weight is 790 g/mol. The second-order valence-electron chi connectivity index (χ2n) is 18.9. The van der Waals surface area contributed by atoms with Gasteiger partial charge in [0.1, 0.15) is 11.6 Å². The van der Waals surface area contributed by atoms with E-state index in [2.05, 4.69) is 143 Å². The quantitative estimate of drug-likeness (QED) is 0.169. The third kappa shape index (κ3) is 7.90. The average Bonchev–Trinajstić information content (AvgIpc) is 3.61. The van der Waals surface area contributed by atoms with Crippen LogP contribution in [0.15, 0.2) is 140 Å². The van der Waals surface area contributed by atoms with Gasteiger partial charge < -0.3 is 10.2 Å². The maximum Gasteiger partial charge on any atom is 0.149 e. The van der Waals surface area contributed by atoms with Crippen molar-refractivity contribution in [2.45, 2.75) is 85.7 Å². The van der Waals surface area contributed by atoms with Gasteiger partial charge in [-0.25, -0.2) is 4.98 Å². The molecule has 5 nitrogen and oxygen atoms in total. The van der Waals surface area contributed by atoms with Crippen LogP contribution in [0, 0.1) is 13.8 Å². The van der Waals surface area contributed by atoms with Crippen molar-refractivity contribution >= 4 is 11.0 Å². The molecule has 0 aliphatic heterocycles. The van der Waals surface area contributed by atoms with Crippen LogP contribution in [0.1, 0.15) is 83.2 Å². The lowest BCUT2D eigenvalue weighted by atomic mass is 9.83. The van der Waals surface area contributed by atoms with Crippen LogP contribution in [0.3, 0.4) is 0 Å². The molecule has 8 aromatic rings. The molecule has 0 fully saturated rings. The Morgan fingerprint density at radius 3 is 1.87 bits per heavy atom. The van der Waals surface area contributed by atoms with E-state index in [4.69, 9.17) is 9.97 Å². The highest BCUT2D eigenvalue weighted by Crippen LogP contribution is 2.42. The van der Waals surface area contributed by atoms with Crippen LogP contribution < -0.4 is 0 Å². The van der Waals surface area contributed by atoms with Gasteiger partial charge in [-0.3, -0.25) is 9.55 Å². The van der Waals surface area contributed by atoms with Gasteiger partial charge in [0.05, 0.1) is 27.9 Å². The maximum absolute atomic E-state index is 11.7. The van der Waals surface area contributed by atoms with Crippen molar-refractivity contribution in [3.63, 3.8) is 0 Å². The Morgan fingerprint density at radius 2 is 1.18 bits per heavy atom. The fourth-order valence-corrected chi connectivity index (χ4v) is 8.09. The summed E-state index contributed by atoms with van der Waals surface area (Å²) in [7, 11) is 0. The van der Waals surface area contributed by atoms with Crippen molar-refractivity contribution in [2.75, 3.05) is 0 Å². The number of para-hydroxylation sites is 1. The lowest BCUT2D eigenvalue weighted by Gasteiger charge is -2.22. The van der Waals surface area contributed by atoms with Crippen molar-refractivity contribution in [1.29, 1.82) is 0 Å². The summed E-state index contributed by atoms with van der Waals surface area (Å²) in [5, 5.41) is 23.2. The van der Waals surface area contributed by atoms with Gasteiger partial charge in [-0.15, -0.1) is 0 Å². The molecule has 8 rings (SSSR count). The van der Waals surface area contributed by atoms with Crippen LogP contribution in [0.25, 0.3) is 72.7 Å². The predicted molar refractivity (Wildman–Crippen MR) is 250 cm³/mol. The van der Waals surface area contributed by atoms with E-state index in [9.17, 15) is 10.2 Å². The third-order valence-electron chi connectivity index (χ3n) is 11.6. The zero-order chi connectivity index (χ0) is 42.7. The lowest BCUT2D eigenvalue weighted by molar-refractivity contribution is 0.0786. The van der Waals surface area contributed by atoms with E-state index in [0.29, 0.717) is 11.4 Å². The first-order valence-electron chi connectivity index (χ1n) is 20.8. The molecule has 2 heterocycles. The Balaban J connectivity index is 1.37. The number of aromatic hydroxyl groups is 1. The molecule has 0 aliphatic rings. The number of imidazole rings is 1. The van der Waals surface area contributed by atoms with E-state index in [0.717, 1.165) is 78.0 Å². The van der Waals surface area contributed by atoms with Gasteiger partial charge in [-0.05, 0) is 149 Å². The summed E-state index contributed by atoms with van der Waals surface area (Å²) in [5.41, 5.74) is 15.2. The molecule has 0 amide bonds. The minimum absolute atomic E-state index is 0.0794. The highest BCUT2D eigenvalue weighted by molar-refractivity contribution is 5.97. The third-order valence-corrected chi connectivity index (χ3v) is 11.6. The molecule has 0 aliphatic carbocycles. The number of pyridine rings is 1. The minimum atomic E-state index is -1.12. The zero-order valence-corrected chi connectivity index (χ0v) is 36.5. The largest absolute Gasteiger partial charge is 0.507 e. The summed E-state index contributed by atoms with van der Waals surface area (Å²) in [6.07, 6.45) is 1.90. The molecule has 0 saturated carbocycles. The molecule has 302 valence electrons. The van der Waals surface area contributed by atoms with Crippen LogP contribution in [-0.2, 0) is 16.4 Å². The maximum atomic E-state index is 11.7. The van der Waals surface area contributed by atoms with E-state index < -0.39 is 5.60 Å². The van der Waals surface area contributed by atoms with E-state index in [1.807, 2.05) is 70.3 Å². The van der Waals surface area contributed by atoms with Crippen molar-refractivity contribution < 1.29 is 10.2 Å². The van der Waals surface area contributed by atoms with Crippen molar-refractivity contribution in [1.82, 2.24) is 14.5 Å². The Hall–Kier alpha value is -6.30. The molecule has 2 aromatic heterocycles. The van der Waals surface area contributed by atoms with E-state index in [-0.39, 0.29) is 16.6 Å². The number of aliphatic hydroxyl groups is 1. The molecule has 0 radical (unpaired) electrons. The van der Waals surface area contributed by atoms with Crippen LogP contribution in [0.2, 0.25) is 0 Å². The lowest BCUT2D eigenvalue weighted by Crippen LogP contribution is -2.16. The Kier molecular flexibility index (Phi) is 10.2. The van der Waals surface area contributed by atoms with Gasteiger partial charge in [0, 0.05) is 23.0 Å². The molecular weight excluding hydrogens is 735 g/mol. The smallest absolute Gasteiger partial charge is 0.149 e. The van der Waals surface area contributed by atoms with Gasteiger partial charge in [-0.1, -0.05) is 120 Å².